The molecule has 2 rings (SSSR count). The Bertz CT molecular complexity index is 443. The van der Waals surface area contributed by atoms with E-state index in [1.54, 1.807) is 0 Å². The van der Waals surface area contributed by atoms with Gasteiger partial charge in [-0.15, -0.1) is 0 Å². The van der Waals surface area contributed by atoms with Crippen molar-refractivity contribution < 1.29 is 0 Å². The lowest BCUT2D eigenvalue weighted by Crippen LogP contribution is -2.00. The van der Waals surface area contributed by atoms with Gasteiger partial charge in [-0.1, -0.05) is 23.7 Å². The van der Waals surface area contributed by atoms with Crippen molar-refractivity contribution in [1.29, 1.82) is 0 Å². The zero-order valence-corrected chi connectivity index (χ0v) is 9.57. The van der Waals surface area contributed by atoms with Crippen LogP contribution in [0.25, 0.3) is 11.3 Å². The highest BCUT2D eigenvalue weighted by molar-refractivity contribution is 6.30. The molecule has 1 aromatic heterocycles. The summed E-state index contributed by atoms with van der Waals surface area (Å²) in [6, 6.07) is 10.1. The van der Waals surface area contributed by atoms with E-state index in [1.165, 1.54) is 0 Å². The van der Waals surface area contributed by atoms with Gasteiger partial charge in [-0.25, -0.2) is 0 Å². The quantitative estimate of drug-likeness (QED) is 0.753. The molecule has 0 amide bonds. The predicted octanol–water partition coefficient (Wildman–Crippen LogP) is 3.78. The van der Waals surface area contributed by atoms with Gasteiger partial charge >= 0.3 is 0 Å². The molecule has 2 aromatic rings. The Morgan fingerprint density at radius 2 is 1.80 bits per heavy atom. The largest absolute Gasteiger partial charge is 0.270 e. The zero-order chi connectivity index (χ0) is 10.8. The SMILES string of the molecule is CC(C)n1ccc(-c2ccc(Cl)cc2)n1. The summed E-state index contributed by atoms with van der Waals surface area (Å²) < 4.78 is 1.95. The van der Waals surface area contributed by atoms with Gasteiger partial charge in [-0.3, -0.25) is 4.68 Å². The Morgan fingerprint density at radius 1 is 1.13 bits per heavy atom. The van der Waals surface area contributed by atoms with E-state index >= 15 is 0 Å². The molecule has 0 aliphatic carbocycles. The minimum atomic E-state index is 0.394. The fourth-order valence-corrected chi connectivity index (χ4v) is 1.53. The third kappa shape index (κ3) is 2.21. The highest BCUT2D eigenvalue weighted by Crippen LogP contribution is 2.20. The molecule has 0 atom stereocenters. The van der Waals surface area contributed by atoms with E-state index in [-0.39, 0.29) is 0 Å². The number of nitrogens with zero attached hydrogens (tertiary/aromatic N) is 2. The van der Waals surface area contributed by atoms with Gasteiger partial charge in [-0.05, 0) is 32.0 Å². The Hall–Kier alpha value is -1.28. The maximum absolute atomic E-state index is 5.83. The second-order valence-corrected chi connectivity index (χ2v) is 4.22. The zero-order valence-electron chi connectivity index (χ0n) is 8.81. The van der Waals surface area contributed by atoms with Crippen molar-refractivity contribution in [1.82, 2.24) is 9.78 Å². The summed E-state index contributed by atoms with van der Waals surface area (Å²) in [5.74, 6) is 0. The number of aromatic nitrogens is 2. The van der Waals surface area contributed by atoms with E-state index in [0.717, 1.165) is 16.3 Å². The average Bonchev–Trinajstić information content (AvgIpc) is 2.68. The standard InChI is InChI=1S/C12H13ClN2/c1-9(2)15-8-7-12(14-15)10-3-5-11(13)6-4-10/h3-9H,1-2H3. The van der Waals surface area contributed by atoms with Crippen LogP contribution in [0.4, 0.5) is 0 Å². The van der Waals surface area contributed by atoms with E-state index in [0.29, 0.717) is 6.04 Å². The number of benzene rings is 1. The molecule has 0 unspecified atom stereocenters. The first-order chi connectivity index (χ1) is 7.16. The van der Waals surface area contributed by atoms with Crippen molar-refractivity contribution in [3.8, 4) is 11.3 Å². The van der Waals surface area contributed by atoms with Gasteiger partial charge in [0.1, 0.15) is 0 Å². The molecule has 1 heterocycles. The van der Waals surface area contributed by atoms with Crippen LogP contribution in [-0.2, 0) is 0 Å². The fraction of sp³-hybridized carbons (Fsp3) is 0.250. The van der Waals surface area contributed by atoms with Crippen LogP contribution in [0.5, 0.6) is 0 Å². The molecular formula is C12H13ClN2. The lowest BCUT2D eigenvalue weighted by molar-refractivity contribution is 0.534. The minimum Gasteiger partial charge on any atom is -0.270 e. The van der Waals surface area contributed by atoms with Crippen LogP contribution in [0.1, 0.15) is 19.9 Å². The molecule has 0 bridgehead atoms. The Balaban J connectivity index is 2.33. The first kappa shape index (κ1) is 10.2. The summed E-state index contributed by atoms with van der Waals surface area (Å²) in [6.45, 7) is 4.22. The number of halogens is 1. The summed E-state index contributed by atoms with van der Waals surface area (Å²) in [7, 11) is 0. The first-order valence-corrected chi connectivity index (χ1v) is 5.36. The molecule has 0 radical (unpaired) electrons. The molecule has 1 aromatic carbocycles. The van der Waals surface area contributed by atoms with Crippen molar-refractivity contribution in [3.05, 3.63) is 41.6 Å². The second kappa shape index (κ2) is 4.07. The molecule has 3 heteroatoms. The van der Waals surface area contributed by atoms with E-state index in [1.807, 2.05) is 41.2 Å². The van der Waals surface area contributed by atoms with Crippen LogP contribution in [0, 0.1) is 0 Å². The van der Waals surface area contributed by atoms with Gasteiger partial charge in [0.2, 0.25) is 0 Å². The molecular weight excluding hydrogens is 208 g/mol. The van der Waals surface area contributed by atoms with Crippen LogP contribution in [0.2, 0.25) is 5.02 Å². The highest BCUT2D eigenvalue weighted by Gasteiger charge is 2.03. The normalized spacial score (nSPS) is 10.9. The Labute approximate surface area is 94.5 Å². The predicted molar refractivity (Wildman–Crippen MR) is 63.1 cm³/mol. The number of hydrogen-bond acceptors (Lipinski definition) is 1. The fourth-order valence-electron chi connectivity index (χ4n) is 1.40. The maximum atomic E-state index is 5.83. The molecule has 0 N–H and O–H groups in total. The summed E-state index contributed by atoms with van der Waals surface area (Å²) in [5.41, 5.74) is 2.08. The molecule has 0 saturated carbocycles. The van der Waals surface area contributed by atoms with Gasteiger partial charge < -0.3 is 0 Å². The summed E-state index contributed by atoms with van der Waals surface area (Å²) in [6.07, 6.45) is 1.99. The van der Waals surface area contributed by atoms with E-state index < -0.39 is 0 Å². The average molecular weight is 221 g/mol. The van der Waals surface area contributed by atoms with Crippen molar-refractivity contribution in [2.75, 3.05) is 0 Å². The molecule has 2 nitrogen and oxygen atoms in total. The van der Waals surface area contributed by atoms with Crippen LogP contribution < -0.4 is 0 Å². The molecule has 15 heavy (non-hydrogen) atoms. The lowest BCUT2D eigenvalue weighted by atomic mass is 10.2. The Morgan fingerprint density at radius 3 is 2.33 bits per heavy atom. The first-order valence-electron chi connectivity index (χ1n) is 4.98. The summed E-state index contributed by atoms with van der Waals surface area (Å²) in [5, 5.41) is 5.24. The molecule has 78 valence electrons. The van der Waals surface area contributed by atoms with E-state index in [9.17, 15) is 0 Å². The van der Waals surface area contributed by atoms with Crippen molar-refractivity contribution in [2.24, 2.45) is 0 Å². The second-order valence-electron chi connectivity index (χ2n) is 3.78. The van der Waals surface area contributed by atoms with Gasteiger partial charge in [0, 0.05) is 22.8 Å². The molecule has 0 aliphatic rings. The van der Waals surface area contributed by atoms with E-state index in [2.05, 4.69) is 18.9 Å². The topological polar surface area (TPSA) is 17.8 Å². The van der Waals surface area contributed by atoms with Crippen LogP contribution in [-0.4, -0.2) is 9.78 Å². The molecule has 0 fully saturated rings. The number of rotatable bonds is 2. The van der Waals surface area contributed by atoms with Crippen molar-refractivity contribution in [2.45, 2.75) is 19.9 Å². The monoisotopic (exact) mass is 220 g/mol. The van der Waals surface area contributed by atoms with Crippen molar-refractivity contribution in [3.63, 3.8) is 0 Å². The summed E-state index contributed by atoms with van der Waals surface area (Å²) >= 11 is 5.83. The van der Waals surface area contributed by atoms with Crippen LogP contribution >= 0.6 is 11.6 Å². The minimum absolute atomic E-state index is 0.394. The van der Waals surface area contributed by atoms with Gasteiger partial charge in [-0.2, -0.15) is 5.10 Å². The highest BCUT2D eigenvalue weighted by atomic mass is 35.5. The molecule has 0 saturated heterocycles. The van der Waals surface area contributed by atoms with Crippen LogP contribution in [0.3, 0.4) is 0 Å². The van der Waals surface area contributed by atoms with Gasteiger partial charge in [0.05, 0.1) is 5.69 Å². The van der Waals surface area contributed by atoms with Crippen LogP contribution in [0.15, 0.2) is 36.5 Å². The third-order valence-electron chi connectivity index (χ3n) is 2.28. The molecule has 0 spiro atoms. The maximum Gasteiger partial charge on any atom is 0.0923 e. The van der Waals surface area contributed by atoms with Gasteiger partial charge in [0.25, 0.3) is 0 Å². The smallest absolute Gasteiger partial charge is 0.0923 e. The lowest BCUT2D eigenvalue weighted by Gasteiger charge is -2.03. The third-order valence-corrected chi connectivity index (χ3v) is 2.53. The Kier molecular flexibility index (Phi) is 2.78. The summed E-state index contributed by atoms with van der Waals surface area (Å²) in [4.78, 5) is 0. The van der Waals surface area contributed by atoms with Crippen molar-refractivity contribution >= 4 is 11.6 Å². The number of hydrogen-bond donors (Lipinski definition) is 0. The van der Waals surface area contributed by atoms with Gasteiger partial charge in [0.15, 0.2) is 0 Å². The van der Waals surface area contributed by atoms with E-state index in [4.69, 9.17) is 11.6 Å². The molecule has 0 aliphatic heterocycles.